The van der Waals surface area contributed by atoms with Gasteiger partial charge >= 0.3 is 0 Å². The number of aromatic nitrogens is 1. The maximum atomic E-state index is 9.42. The molecule has 0 aliphatic heterocycles. The number of hydrogen-bond acceptors (Lipinski definition) is 8. The standard InChI is InChI=1S/C26H32N10/c1-15-7-6-10-32-26(15)34-22(13-23(28)36(30)35-25(29)20-8-9-20)18(4)33-24-16(2)11-19(14-27)12-21(24)17(3)31-5/h6-7,10-13,20,28,31,33H,3-4,8-9,30H2,1-2,5H3,(H2,29,35)(H,32,34)/b22-13-,28-23?. The Labute approximate surface area is 211 Å². The Morgan fingerprint density at radius 2 is 2.00 bits per heavy atom. The summed E-state index contributed by atoms with van der Waals surface area (Å²) in [5, 5.41) is 32.6. The quantitative estimate of drug-likeness (QED) is 0.0980. The van der Waals surface area contributed by atoms with Gasteiger partial charge in [0.25, 0.3) is 0 Å². The summed E-state index contributed by atoms with van der Waals surface area (Å²) in [6.45, 7) is 12.1. The monoisotopic (exact) mass is 484 g/mol. The molecule has 1 heterocycles. The number of pyridine rings is 1. The predicted molar refractivity (Wildman–Crippen MR) is 146 cm³/mol. The molecule has 1 aliphatic rings. The van der Waals surface area contributed by atoms with E-state index in [4.69, 9.17) is 17.0 Å². The lowest BCUT2D eigenvalue weighted by molar-refractivity contribution is 0.466. The third-order valence-corrected chi connectivity index (χ3v) is 5.70. The molecule has 0 saturated heterocycles. The van der Waals surface area contributed by atoms with Crippen LogP contribution in [0.4, 0.5) is 11.5 Å². The van der Waals surface area contributed by atoms with Crippen LogP contribution in [-0.2, 0) is 0 Å². The number of hydrazine groups is 1. The van der Waals surface area contributed by atoms with Crippen LogP contribution in [0.15, 0.2) is 66.2 Å². The molecule has 1 fully saturated rings. The maximum absolute atomic E-state index is 9.42. The van der Waals surface area contributed by atoms with E-state index in [1.54, 1.807) is 25.4 Å². The first-order valence-corrected chi connectivity index (χ1v) is 11.4. The second-order valence-corrected chi connectivity index (χ2v) is 8.54. The highest BCUT2D eigenvalue weighted by atomic mass is 15.6. The average Bonchev–Trinajstić information content (AvgIpc) is 3.71. The number of anilines is 2. The Morgan fingerprint density at radius 3 is 2.61 bits per heavy atom. The molecule has 1 aromatic heterocycles. The van der Waals surface area contributed by atoms with E-state index >= 15 is 0 Å². The topological polar surface area (TPSA) is 164 Å². The first-order valence-electron chi connectivity index (χ1n) is 11.4. The zero-order valence-corrected chi connectivity index (χ0v) is 20.8. The van der Waals surface area contributed by atoms with Crippen LogP contribution in [-0.4, -0.2) is 28.8 Å². The lowest BCUT2D eigenvalue weighted by Gasteiger charge is -2.21. The number of hydrogen-bond donors (Lipinski definition) is 6. The molecule has 36 heavy (non-hydrogen) atoms. The number of hydrazone groups is 1. The van der Waals surface area contributed by atoms with E-state index in [1.165, 1.54) is 6.08 Å². The number of nitrogens with zero attached hydrogens (tertiary/aromatic N) is 4. The molecule has 10 nitrogen and oxygen atoms in total. The summed E-state index contributed by atoms with van der Waals surface area (Å²) in [4.78, 5) is 4.39. The number of nitrogens with two attached hydrogens (primary N) is 2. The van der Waals surface area contributed by atoms with Crippen LogP contribution in [0.5, 0.6) is 0 Å². The summed E-state index contributed by atoms with van der Waals surface area (Å²) in [6, 6.07) is 9.46. The fourth-order valence-corrected chi connectivity index (χ4v) is 3.39. The van der Waals surface area contributed by atoms with Gasteiger partial charge in [0.1, 0.15) is 11.7 Å². The molecular formula is C26H32N10. The van der Waals surface area contributed by atoms with Gasteiger partial charge in [0, 0.05) is 36.5 Å². The van der Waals surface area contributed by atoms with Crippen molar-refractivity contribution in [1.82, 2.24) is 15.4 Å². The van der Waals surface area contributed by atoms with Crippen LogP contribution < -0.4 is 27.5 Å². The number of rotatable bonds is 10. The Bertz CT molecular complexity index is 1290. The molecule has 0 amide bonds. The smallest absolute Gasteiger partial charge is 0.161 e. The van der Waals surface area contributed by atoms with Crippen molar-refractivity contribution >= 4 is 28.9 Å². The highest BCUT2D eigenvalue weighted by Gasteiger charge is 2.26. The van der Waals surface area contributed by atoms with Gasteiger partial charge in [-0.1, -0.05) is 19.2 Å². The van der Waals surface area contributed by atoms with Gasteiger partial charge in [-0.2, -0.15) is 10.4 Å². The second-order valence-electron chi connectivity index (χ2n) is 8.54. The molecule has 2 aromatic rings. The van der Waals surface area contributed by atoms with E-state index in [-0.39, 0.29) is 11.8 Å². The SMILES string of the molecule is C=C(Nc1c(C)cc(C#N)cc1C(=C)NC)/C(=C/C(=N)N(N)/N=C(\N)C1CC1)Nc1ncccc1C. The van der Waals surface area contributed by atoms with E-state index < -0.39 is 0 Å². The Hall–Kier alpha value is -4.62. The summed E-state index contributed by atoms with van der Waals surface area (Å²) in [5.41, 5.74) is 11.2. The molecule has 0 spiro atoms. The van der Waals surface area contributed by atoms with Crippen LogP contribution >= 0.6 is 0 Å². The van der Waals surface area contributed by atoms with Crippen LogP contribution in [0.25, 0.3) is 5.70 Å². The molecular weight excluding hydrogens is 452 g/mol. The van der Waals surface area contributed by atoms with Crippen molar-refractivity contribution in [3.05, 3.63) is 83.3 Å². The Kier molecular flexibility index (Phi) is 8.09. The molecule has 0 atom stereocenters. The molecule has 1 aromatic carbocycles. The maximum Gasteiger partial charge on any atom is 0.161 e. The highest BCUT2D eigenvalue weighted by Crippen LogP contribution is 2.30. The molecule has 0 bridgehead atoms. The minimum absolute atomic E-state index is 0.103. The average molecular weight is 485 g/mol. The van der Waals surface area contributed by atoms with Crippen molar-refractivity contribution in [2.24, 2.45) is 22.6 Å². The molecule has 10 heteroatoms. The van der Waals surface area contributed by atoms with E-state index in [0.29, 0.717) is 34.3 Å². The van der Waals surface area contributed by atoms with Crippen LogP contribution in [0.1, 0.15) is 35.1 Å². The number of benzene rings is 1. The summed E-state index contributed by atoms with van der Waals surface area (Å²) in [7, 11) is 1.76. The third-order valence-electron chi connectivity index (χ3n) is 5.70. The van der Waals surface area contributed by atoms with Gasteiger partial charge in [-0.25, -0.2) is 10.8 Å². The number of nitrogens with one attached hydrogen (secondary N) is 4. The zero-order valence-electron chi connectivity index (χ0n) is 20.8. The second kappa shape index (κ2) is 11.2. The lowest BCUT2D eigenvalue weighted by atomic mass is 10.0. The zero-order chi connectivity index (χ0) is 26.4. The summed E-state index contributed by atoms with van der Waals surface area (Å²) < 4.78 is 0. The van der Waals surface area contributed by atoms with E-state index in [1.807, 2.05) is 26.0 Å². The summed E-state index contributed by atoms with van der Waals surface area (Å²) in [6.07, 6.45) is 5.12. The van der Waals surface area contributed by atoms with Gasteiger partial charge in [-0.3, -0.25) is 5.41 Å². The number of nitriles is 1. The van der Waals surface area contributed by atoms with Gasteiger partial charge in [0.2, 0.25) is 0 Å². The van der Waals surface area contributed by atoms with Crippen LogP contribution in [0.3, 0.4) is 0 Å². The van der Waals surface area contributed by atoms with Crippen molar-refractivity contribution in [2.45, 2.75) is 26.7 Å². The molecule has 0 unspecified atom stereocenters. The Morgan fingerprint density at radius 1 is 1.28 bits per heavy atom. The third kappa shape index (κ3) is 6.28. The number of amidine groups is 2. The van der Waals surface area contributed by atoms with Crippen LogP contribution in [0, 0.1) is 36.5 Å². The minimum atomic E-state index is -0.103. The van der Waals surface area contributed by atoms with E-state index in [0.717, 1.165) is 40.3 Å². The summed E-state index contributed by atoms with van der Waals surface area (Å²) in [5.74, 6) is 7.12. The minimum Gasteiger partial charge on any atom is -0.388 e. The van der Waals surface area contributed by atoms with Crippen molar-refractivity contribution in [2.75, 3.05) is 17.7 Å². The largest absolute Gasteiger partial charge is 0.388 e. The summed E-state index contributed by atoms with van der Waals surface area (Å²) >= 11 is 0. The number of aryl methyl sites for hydroxylation is 2. The van der Waals surface area contributed by atoms with Crippen molar-refractivity contribution in [3.63, 3.8) is 0 Å². The van der Waals surface area contributed by atoms with Crippen LogP contribution in [0.2, 0.25) is 0 Å². The molecule has 0 radical (unpaired) electrons. The fraction of sp³-hybridized carbons (Fsp3) is 0.231. The first-order chi connectivity index (χ1) is 17.1. The van der Waals surface area contributed by atoms with Gasteiger partial charge in [0.05, 0.1) is 28.7 Å². The lowest BCUT2D eigenvalue weighted by Crippen LogP contribution is -2.34. The molecule has 8 N–H and O–H groups in total. The molecule has 186 valence electrons. The predicted octanol–water partition coefficient (Wildman–Crippen LogP) is 3.52. The molecule has 1 saturated carbocycles. The molecule has 3 rings (SSSR count). The van der Waals surface area contributed by atoms with Gasteiger partial charge in [-0.15, -0.1) is 5.10 Å². The normalized spacial score (nSPS) is 13.4. The van der Waals surface area contributed by atoms with Crippen molar-refractivity contribution < 1.29 is 0 Å². The first kappa shape index (κ1) is 26.0. The van der Waals surface area contributed by atoms with Gasteiger partial charge in [0.15, 0.2) is 5.84 Å². The Balaban J connectivity index is 1.98. The van der Waals surface area contributed by atoms with Crippen molar-refractivity contribution in [3.8, 4) is 6.07 Å². The van der Waals surface area contributed by atoms with Crippen molar-refractivity contribution in [1.29, 1.82) is 10.7 Å². The van der Waals surface area contributed by atoms with E-state index in [2.05, 4.69) is 45.3 Å². The van der Waals surface area contributed by atoms with E-state index in [9.17, 15) is 5.26 Å². The molecule has 1 aliphatic carbocycles. The van der Waals surface area contributed by atoms with Gasteiger partial charge in [-0.05, 0) is 56.0 Å². The fourth-order valence-electron chi connectivity index (χ4n) is 3.39. The van der Waals surface area contributed by atoms with Gasteiger partial charge < -0.3 is 21.7 Å². The highest BCUT2D eigenvalue weighted by molar-refractivity contribution is 5.94.